The average Bonchev–Trinajstić information content (AvgIpc) is 2.62. The van der Waals surface area contributed by atoms with Crippen LogP contribution >= 0.6 is 11.3 Å². The molecule has 2 heterocycles. The predicted molar refractivity (Wildman–Crippen MR) is 55.1 cm³/mol. The second-order valence-corrected chi connectivity index (χ2v) is 3.90. The van der Waals surface area contributed by atoms with Gasteiger partial charge in [-0.3, -0.25) is 4.40 Å². The number of hydrogen-bond acceptors (Lipinski definition) is 2. The van der Waals surface area contributed by atoms with Gasteiger partial charge in [-0.05, 0) is 13.8 Å². The Labute approximate surface area is 81.2 Å². The van der Waals surface area contributed by atoms with Gasteiger partial charge in [0.25, 0.3) is 0 Å². The minimum absolute atomic E-state index is 0.129. The van der Waals surface area contributed by atoms with Crippen LogP contribution in [0.3, 0.4) is 0 Å². The highest BCUT2D eigenvalue weighted by Crippen LogP contribution is 2.23. The van der Waals surface area contributed by atoms with E-state index in [1.165, 1.54) is 0 Å². The van der Waals surface area contributed by atoms with Gasteiger partial charge in [-0.15, -0.1) is 17.8 Å². The number of thiazole rings is 1. The fraction of sp³-hybridized carbons (Fsp3) is 0.300. The van der Waals surface area contributed by atoms with E-state index in [0.29, 0.717) is 0 Å². The van der Waals surface area contributed by atoms with Crippen molar-refractivity contribution in [3.8, 4) is 12.3 Å². The molecule has 0 fully saturated rings. The van der Waals surface area contributed by atoms with Crippen LogP contribution in [0.2, 0.25) is 0 Å². The van der Waals surface area contributed by atoms with Crippen LogP contribution in [0.1, 0.15) is 24.2 Å². The molecule has 2 nitrogen and oxygen atoms in total. The molecule has 1 atom stereocenters. The van der Waals surface area contributed by atoms with Crippen molar-refractivity contribution in [2.24, 2.45) is 0 Å². The summed E-state index contributed by atoms with van der Waals surface area (Å²) < 4.78 is 2.07. The fourth-order valence-corrected chi connectivity index (χ4v) is 2.28. The second kappa shape index (κ2) is 2.90. The summed E-state index contributed by atoms with van der Waals surface area (Å²) in [5, 5.41) is 2.02. The van der Waals surface area contributed by atoms with E-state index < -0.39 is 0 Å². The Balaban J connectivity index is 2.72. The third kappa shape index (κ3) is 1.14. The van der Waals surface area contributed by atoms with Crippen molar-refractivity contribution in [1.82, 2.24) is 9.38 Å². The lowest BCUT2D eigenvalue weighted by Gasteiger charge is -2.02. The van der Waals surface area contributed by atoms with Crippen molar-refractivity contribution in [3.63, 3.8) is 0 Å². The predicted octanol–water partition coefficient (Wildman–Crippen LogP) is 2.44. The Kier molecular flexibility index (Phi) is 1.86. The van der Waals surface area contributed by atoms with Gasteiger partial charge in [0.05, 0.1) is 17.3 Å². The molecular formula is C10H10N2S. The third-order valence-electron chi connectivity index (χ3n) is 2.14. The molecule has 0 N–H and O–H groups in total. The van der Waals surface area contributed by atoms with E-state index >= 15 is 0 Å². The van der Waals surface area contributed by atoms with Gasteiger partial charge in [-0.1, -0.05) is 5.92 Å². The lowest BCUT2D eigenvalue weighted by Crippen LogP contribution is -1.96. The zero-order valence-electron chi connectivity index (χ0n) is 7.61. The lowest BCUT2D eigenvalue weighted by atomic mass is 10.1. The number of aryl methyl sites for hydroxylation is 1. The second-order valence-electron chi connectivity index (χ2n) is 3.03. The summed E-state index contributed by atoms with van der Waals surface area (Å²) in [5.41, 5.74) is 2.18. The van der Waals surface area contributed by atoms with E-state index in [9.17, 15) is 0 Å². The molecular weight excluding hydrogens is 180 g/mol. The number of imidazole rings is 1. The van der Waals surface area contributed by atoms with E-state index in [4.69, 9.17) is 6.42 Å². The van der Waals surface area contributed by atoms with Gasteiger partial charge < -0.3 is 0 Å². The summed E-state index contributed by atoms with van der Waals surface area (Å²) in [6.45, 7) is 4.02. The zero-order chi connectivity index (χ0) is 9.42. The summed E-state index contributed by atoms with van der Waals surface area (Å²) in [4.78, 5) is 5.45. The Hall–Kier alpha value is -1.27. The van der Waals surface area contributed by atoms with E-state index in [-0.39, 0.29) is 5.92 Å². The van der Waals surface area contributed by atoms with Gasteiger partial charge in [0.15, 0.2) is 4.96 Å². The molecule has 2 aromatic heterocycles. The Morgan fingerprint density at radius 3 is 3.15 bits per heavy atom. The van der Waals surface area contributed by atoms with E-state index in [0.717, 1.165) is 16.3 Å². The standard InChI is InChI=1S/C10H10N2S/c1-4-7(2)9-8(3)11-10-12(9)5-6-13-10/h1,5-7H,2-3H3. The summed E-state index contributed by atoms with van der Waals surface area (Å²) in [7, 11) is 0. The maximum absolute atomic E-state index is 5.40. The smallest absolute Gasteiger partial charge is 0.194 e. The molecule has 0 aliphatic heterocycles. The minimum atomic E-state index is 0.129. The van der Waals surface area contributed by atoms with Crippen LogP contribution in [-0.2, 0) is 0 Å². The molecule has 2 rings (SSSR count). The van der Waals surface area contributed by atoms with Crippen molar-refractivity contribution in [2.45, 2.75) is 19.8 Å². The van der Waals surface area contributed by atoms with Crippen molar-refractivity contribution in [3.05, 3.63) is 23.0 Å². The SMILES string of the molecule is C#CC(C)c1c(C)nc2sccn12. The van der Waals surface area contributed by atoms with Gasteiger partial charge in [0.1, 0.15) is 0 Å². The first kappa shape index (κ1) is 8.33. The van der Waals surface area contributed by atoms with Crippen molar-refractivity contribution in [2.75, 3.05) is 0 Å². The molecule has 0 aliphatic rings. The van der Waals surface area contributed by atoms with Gasteiger partial charge in [0, 0.05) is 11.6 Å². The third-order valence-corrected chi connectivity index (χ3v) is 2.90. The van der Waals surface area contributed by atoms with Crippen LogP contribution in [0.5, 0.6) is 0 Å². The normalized spacial score (nSPS) is 13.0. The molecule has 3 heteroatoms. The molecule has 0 bridgehead atoms. The maximum atomic E-state index is 5.40. The molecule has 0 saturated carbocycles. The Morgan fingerprint density at radius 2 is 2.46 bits per heavy atom. The quantitative estimate of drug-likeness (QED) is 0.631. The van der Waals surface area contributed by atoms with Crippen LogP contribution in [0.15, 0.2) is 11.6 Å². The topological polar surface area (TPSA) is 17.3 Å². The van der Waals surface area contributed by atoms with E-state index in [1.54, 1.807) is 11.3 Å². The van der Waals surface area contributed by atoms with Crippen LogP contribution in [-0.4, -0.2) is 9.38 Å². The molecule has 0 aromatic carbocycles. The first-order chi connectivity index (χ1) is 6.24. The van der Waals surface area contributed by atoms with Crippen molar-refractivity contribution >= 4 is 16.3 Å². The molecule has 0 radical (unpaired) electrons. The lowest BCUT2D eigenvalue weighted by molar-refractivity contribution is 0.902. The number of rotatable bonds is 1. The van der Waals surface area contributed by atoms with Crippen LogP contribution in [0.4, 0.5) is 0 Å². The minimum Gasteiger partial charge on any atom is -0.293 e. The fourth-order valence-electron chi connectivity index (χ4n) is 1.51. The number of nitrogens with zero attached hydrogens (tertiary/aromatic N) is 2. The highest BCUT2D eigenvalue weighted by Gasteiger charge is 2.13. The van der Waals surface area contributed by atoms with E-state index in [1.807, 2.05) is 25.4 Å². The summed E-state index contributed by atoms with van der Waals surface area (Å²) >= 11 is 1.63. The Bertz CT molecular complexity index is 473. The number of hydrogen-bond donors (Lipinski definition) is 0. The number of aromatic nitrogens is 2. The molecule has 0 saturated heterocycles. The van der Waals surface area contributed by atoms with Gasteiger partial charge in [-0.2, -0.15) is 0 Å². The zero-order valence-corrected chi connectivity index (χ0v) is 8.43. The van der Waals surface area contributed by atoms with Crippen molar-refractivity contribution in [1.29, 1.82) is 0 Å². The molecule has 66 valence electrons. The summed E-state index contributed by atoms with van der Waals surface area (Å²) in [6, 6.07) is 0. The first-order valence-corrected chi connectivity index (χ1v) is 5.00. The first-order valence-electron chi connectivity index (χ1n) is 4.12. The molecule has 2 aromatic rings. The van der Waals surface area contributed by atoms with Gasteiger partial charge in [-0.25, -0.2) is 4.98 Å². The monoisotopic (exact) mass is 190 g/mol. The Morgan fingerprint density at radius 1 is 1.69 bits per heavy atom. The maximum Gasteiger partial charge on any atom is 0.194 e. The average molecular weight is 190 g/mol. The van der Waals surface area contributed by atoms with Crippen LogP contribution in [0, 0.1) is 19.3 Å². The number of fused-ring (bicyclic) bond motifs is 1. The van der Waals surface area contributed by atoms with Crippen molar-refractivity contribution < 1.29 is 0 Å². The van der Waals surface area contributed by atoms with E-state index in [2.05, 4.69) is 15.3 Å². The number of terminal acetylenes is 1. The molecule has 0 aliphatic carbocycles. The highest BCUT2D eigenvalue weighted by molar-refractivity contribution is 7.15. The highest BCUT2D eigenvalue weighted by atomic mass is 32.1. The molecule has 0 spiro atoms. The summed E-state index contributed by atoms with van der Waals surface area (Å²) in [5.74, 6) is 2.86. The van der Waals surface area contributed by atoms with Crippen LogP contribution < -0.4 is 0 Å². The van der Waals surface area contributed by atoms with Gasteiger partial charge in [0.2, 0.25) is 0 Å². The largest absolute Gasteiger partial charge is 0.293 e. The molecule has 0 amide bonds. The summed E-state index contributed by atoms with van der Waals surface area (Å²) in [6.07, 6.45) is 7.42. The molecule has 13 heavy (non-hydrogen) atoms. The van der Waals surface area contributed by atoms with Crippen LogP contribution in [0.25, 0.3) is 4.96 Å². The molecule has 1 unspecified atom stereocenters. The van der Waals surface area contributed by atoms with Gasteiger partial charge >= 0.3 is 0 Å².